The zero-order valence-corrected chi connectivity index (χ0v) is 13.3. The summed E-state index contributed by atoms with van der Waals surface area (Å²) in [5.41, 5.74) is 2.00. The van der Waals surface area contributed by atoms with E-state index in [1.807, 2.05) is 30.5 Å². The van der Waals surface area contributed by atoms with Crippen molar-refractivity contribution < 1.29 is 9.47 Å². The van der Waals surface area contributed by atoms with Crippen molar-refractivity contribution in [3.05, 3.63) is 54.5 Å². The zero-order chi connectivity index (χ0) is 16.2. The summed E-state index contributed by atoms with van der Waals surface area (Å²) < 4.78 is 11.8. The molecular weight excluding hydrogens is 304 g/mol. The largest absolute Gasteiger partial charge is 0.379 e. The molecule has 4 rings (SSSR count). The second kappa shape index (κ2) is 6.98. The van der Waals surface area contributed by atoms with Crippen LogP contribution in [0.3, 0.4) is 0 Å². The van der Waals surface area contributed by atoms with Crippen molar-refractivity contribution >= 4 is 16.9 Å². The fourth-order valence-electron chi connectivity index (χ4n) is 2.99. The number of rotatable bonds is 5. The number of nitrogens with zero attached hydrogens (tertiary/aromatic N) is 2. The van der Waals surface area contributed by atoms with E-state index in [-0.39, 0.29) is 12.1 Å². The Bertz CT molecular complexity index is 790. The van der Waals surface area contributed by atoms with Gasteiger partial charge in [-0.2, -0.15) is 0 Å². The SMILES string of the molecule is c1ccc(CO[C@@H]2CCOC[C@@H]2Nc2ncnc3[nH]ccc23)cc1. The number of benzene rings is 1. The van der Waals surface area contributed by atoms with E-state index in [0.29, 0.717) is 13.2 Å². The van der Waals surface area contributed by atoms with Crippen LogP contribution in [-0.2, 0) is 16.1 Å². The van der Waals surface area contributed by atoms with Crippen LogP contribution in [0, 0.1) is 0 Å². The summed E-state index contributed by atoms with van der Waals surface area (Å²) in [5, 5.41) is 4.45. The van der Waals surface area contributed by atoms with E-state index < -0.39 is 0 Å². The third-order valence-corrected chi connectivity index (χ3v) is 4.28. The van der Waals surface area contributed by atoms with Gasteiger partial charge in [0.2, 0.25) is 0 Å². The maximum atomic E-state index is 6.15. The van der Waals surface area contributed by atoms with Gasteiger partial charge in [0.15, 0.2) is 0 Å². The highest BCUT2D eigenvalue weighted by Gasteiger charge is 2.27. The molecule has 3 heterocycles. The first-order chi connectivity index (χ1) is 11.9. The lowest BCUT2D eigenvalue weighted by Crippen LogP contribution is -2.44. The molecule has 2 atom stereocenters. The molecule has 0 amide bonds. The summed E-state index contributed by atoms with van der Waals surface area (Å²) in [6, 6.07) is 12.3. The minimum atomic E-state index is 0.0652. The lowest BCUT2D eigenvalue weighted by molar-refractivity contribution is -0.0478. The maximum Gasteiger partial charge on any atom is 0.142 e. The van der Waals surface area contributed by atoms with E-state index >= 15 is 0 Å². The molecular formula is C18H20N4O2. The minimum absolute atomic E-state index is 0.0652. The van der Waals surface area contributed by atoms with Crippen molar-refractivity contribution in [3.8, 4) is 0 Å². The summed E-state index contributed by atoms with van der Waals surface area (Å²) >= 11 is 0. The predicted octanol–water partition coefficient (Wildman–Crippen LogP) is 2.74. The van der Waals surface area contributed by atoms with E-state index in [4.69, 9.17) is 9.47 Å². The molecule has 3 aromatic rings. The molecule has 6 heteroatoms. The quantitative estimate of drug-likeness (QED) is 0.755. The number of H-pyrrole nitrogens is 1. The Labute approximate surface area is 140 Å². The van der Waals surface area contributed by atoms with Crippen molar-refractivity contribution in [3.63, 3.8) is 0 Å². The number of aromatic amines is 1. The smallest absolute Gasteiger partial charge is 0.142 e. The molecule has 24 heavy (non-hydrogen) atoms. The van der Waals surface area contributed by atoms with Crippen LogP contribution in [-0.4, -0.2) is 40.3 Å². The van der Waals surface area contributed by atoms with Gasteiger partial charge in [-0.05, 0) is 18.1 Å². The van der Waals surface area contributed by atoms with Gasteiger partial charge < -0.3 is 19.8 Å². The van der Waals surface area contributed by atoms with Gasteiger partial charge in [-0.15, -0.1) is 0 Å². The average molecular weight is 324 g/mol. The number of anilines is 1. The minimum Gasteiger partial charge on any atom is -0.379 e. The van der Waals surface area contributed by atoms with Gasteiger partial charge in [0.1, 0.15) is 17.8 Å². The normalized spacial score (nSPS) is 21.0. The Morgan fingerprint density at radius 1 is 1.21 bits per heavy atom. The highest BCUT2D eigenvalue weighted by molar-refractivity contribution is 5.86. The van der Waals surface area contributed by atoms with Crippen molar-refractivity contribution in [1.82, 2.24) is 15.0 Å². The highest BCUT2D eigenvalue weighted by Crippen LogP contribution is 2.22. The molecule has 124 valence electrons. The topological polar surface area (TPSA) is 72.1 Å². The predicted molar refractivity (Wildman–Crippen MR) is 91.8 cm³/mol. The number of hydrogen-bond donors (Lipinski definition) is 2. The summed E-state index contributed by atoms with van der Waals surface area (Å²) in [6.07, 6.45) is 4.38. The fourth-order valence-corrected chi connectivity index (χ4v) is 2.99. The van der Waals surface area contributed by atoms with Crippen LogP contribution >= 0.6 is 0 Å². The van der Waals surface area contributed by atoms with Crippen molar-refractivity contribution in [2.75, 3.05) is 18.5 Å². The summed E-state index contributed by atoms with van der Waals surface area (Å²) in [4.78, 5) is 11.7. The second-order valence-corrected chi connectivity index (χ2v) is 5.91. The van der Waals surface area contributed by atoms with E-state index in [0.717, 1.165) is 29.9 Å². The molecule has 2 N–H and O–H groups in total. The molecule has 0 bridgehead atoms. The van der Waals surface area contributed by atoms with Crippen molar-refractivity contribution in [2.24, 2.45) is 0 Å². The molecule has 1 fully saturated rings. The van der Waals surface area contributed by atoms with E-state index in [9.17, 15) is 0 Å². The molecule has 1 aliphatic rings. The Hall–Kier alpha value is -2.44. The Kier molecular flexibility index (Phi) is 4.40. The fraction of sp³-hybridized carbons (Fsp3) is 0.333. The third-order valence-electron chi connectivity index (χ3n) is 4.28. The van der Waals surface area contributed by atoms with Crippen LogP contribution in [0.1, 0.15) is 12.0 Å². The first kappa shape index (κ1) is 15.1. The van der Waals surface area contributed by atoms with Crippen LogP contribution in [0.2, 0.25) is 0 Å². The molecule has 0 aliphatic carbocycles. The number of aromatic nitrogens is 3. The van der Waals surface area contributed by atoms with E-state index in [1.54, 1.807) is 6.33 Å². The molecule has 0 radical (unpaired) electrons. The maximum absolute atomic E-state index is 6.15. The van der Waals surface area contributed by atoms with Gasteiger partial charge in [-0.1, -0.05) is 30.3 Å². The molecule has 1 aliphatic heterocycles. The lowest BCUT2D eigenvalue weighted by atomic mass is 10.1. The van der Waals surface area contributed by atoms with E-state index in [1.165, 1.54) is 5.56 Å². The molecule has 0 saturated carbocycles. The monoisotopic (exact) mass is 324 g/mol. The molecule has 6 nitrogen and oxygen atoms in total. The second-order valence-electron chi connectivity index (χ2n) is 5.91. The first-order valence-electron chi connectivity index (χ1n) is 8.18. The summed E-state index contributed by atoms with van der Waals surface area (Å²) in [5.74, 6) is 0.810. The van der Waals surface area contributed by atoms with Crippen molar-refractivity contribution in [2.45, 2.75) is 25.2 Å². The summed E-state index contributed by atoms with van der Waals surface area (Å²) in [6.45, 7) is 1.93. The summed E-state index contributed by atoms with van der Waals surface area (Å²) in [7, 11) is 0. The number of ether oxygens (including phenoxy) is 2. The Morgan fingerprint density at radius 2 is 2.12 bits per heavy atom. The van der Waals surface area contributed by atoms with Crippen LogP contribution < -0.4 is 5.32 Å². The van der Waals surface area contributed by atoms with Gasteiger partial charge in [0.25, 0.3) is 0 Å². The third kappa shape index (κ3) is 3.25. The van der Waals surface area contributed by atoms with Gasteiger partial charge in [-0.3, -0.25) is 0 Å². The number of hydrogen-bond acceptors (Lipinski definition) is 5. The lowest BCUT2D eigenvalue weighted by Gasteiger charge is -2.32. The average Bonchev–Trinajstić information content (AvgIpc) is 3.12. The molecule has 1 saturated heterocycles. The standard InChI is InChI=1S/C18H20N4O2/c1-2-4-13(5-3-1)10-24-16-7-9-23-11-15(16)22-18-14-6-8-19-17(14)20-12-21-18/h1-6,8,12,15-16H,7,9-11H2,(H2,19,20,21,22)/t15-,16+/m0/s1. The van der Waals surface area contributed by atoms with Crippen LogP contribution in [0.5, 0.6) is 0 Å². The number of nitrogens with one attached hydrogen (secondary N) is 2. The molecule has 1 aromatic carbocycles. The van der Waals surface area contributed by atoms with Crippen LogP contribution in [0.15, 0.2) is 48.9 Å². The Morgan fingerprint density at radius 3 is 3.04 bits per heavy atom. The van der Waals surface area contributed by atoms with Gasteiger partial charge >= 0.3 is 0 Å². The van der Waals surface area contributed by atoms with Crippen LogP contribution in [0.4, 0.5) is 5.82 Å². The van der Waals surface area contributed by atoms with Gasteiger partial charge in [-0.25, -0.2) is 9.97 Å². The first-order valence-corrected chi connectivity index (χ1v) is 8.18. The molecule has 0 spiro atoms. The van der Waals surface area contributed by atoms with E-state index in [2.05, 4.69) is 32.4 Å². The van der Waals surface area contributed by atoms with Crippen molar-refractivity contribution in [1.29, 1.82) is 0 Å². The number of fused-ring (bicyclic) bond motifs is 1. The van der Waals surface area contributed by atoms with Gasteiger partial charge in [0, 0.05) is 12.8 Å². The Balaban J connectivity index is 1.47. The van der Waals surface area contributed by atoms with Gasteiger partial charge in [0.05, 0.1) is 30.7 Å². The van der Waals surface area contributed by atoms with Crippen LogP contribution in [0.25, 0.3) is 11.0 Å². The highest BCUT2D eigenvalue weighted by atomic mass is 16.5. The molecule has 0 unspecified atom stereocenters. The zero-order valence-electron chi connectivity index (χ0n) is 13.3. The molecule has 2 aromatic heterocycles.